The van der Waals surface area contributed by atoms with Crippen molar-refractivity contribution in [2.24, 2.45) is 0 Å². The second kappa shape index (κ2) is 8.89. The zero-order valence-electron chi connectivity index (χ0n) is 13.5. The van der Waals surface area contributed by atoms with Gasteiger partial charge in [0.1, 0.15) is 0 Å². The molecule has 1 heterocycles. The topological polar surface area (TPSA) is 100 Å². The molecule has 3 amide bonds. The average Bonchev–Trinajstić information content (AvgIpc) is 3.13. The van der Waals surface area contributed by atoms with Crippen LogP contribution in [0.25, 0.3) is 0 Å². The number of hydrogen-bond acceptors (Lipinski definition) is 4. The summed E-state index contributed by atoms with van der Waals surface area (Å²) in [5, 5.41) is 8.20. The molecule has 0 spiro atoms. The fourth-order valence-corrected chi connectivity index (χ4v) is 2.15. The number of nitrogens with one attached hydrogen (secondary N) is 3. The molecule has 0 aliphatic heterocycles. The highest BCUT2D eigenvalue weighted by Crippen LogP contribution is 2.15. The molecule has 0 bridgehead atoms. The van der Waals surface area contributed by atoms with Crippen molar-refractivity contribution in [3.05, 3.63) is 59.0 Å². The van der Waals surface area contributed by atoms with Crippen molar-refractivity contribution < 1.29 is 18.8 Å². The summed E-state index contributed by atoms with van der Waals surface area (Å²) >= 11 is 5.82. The number of carbonyl (C=O) groups excluding carboxylic acids is 3. The summed E-state index contributed by atoms with van der Waals surface area (Å²) < 4.78 is 4.90. The first-order valence-corrected chi connectivity index (χ1v) is 7.96. The van der Waals surface area contributed by atoms with Crippen LogP contribution in [0, 0.1) is 0 Å². The van der Waals surface area contributed by atoms with E-state index < -0.39 is 11.8 Å². The third kappa shape index (κ3) is 5.96. The van der Waals surface area contributed by atoms with Crippen LogP contribution in [-0.4, -0.2) is 30.8 Å². The maximum atomic E-state index is 11.9. The summed E-state index contributed by atoms with van der Waals surface area (Å²) in [5.41, 5.74) is 0.898. The summed E-state index contributed by atoms with van der Waals surface area (Å²) in [7, 11) is 0. The van der Waals surface area contributed by atoms with E-state index in [1.807, 2.05) is 19.1 Å². The first kappa shape index (κ1) is 18.5. The molecule has 1 aromatic carbocycles. The lowest BCUT2D eigenvalue weighted by Gasteiger charge is -2.14. The molecule has 0 fully saturated rings. The van der Waals surface area contributed by atoms with Gasteiger partial charge in [-0.05, 0) is 36.8 Å². The van der Waals surface area contributed by atoms with Crippen LogP contribution in [0.1, 0.15) is 29.1 Å². The molecule has 0 radical (unpaired) electrons. The highest BCUT2D eigenvalue weighted by molar-refractivity contribution is 6.30. The number of benzene rings is 1. The lowest BCUT2D eigenvalue weighted by Crippen LogP contribution is -2.42. The predicted molar refractivity (Wildman–Crippen MR) is 92.1 cm³/mol. The van der Waals surface area contributed by atoms with Crippen molar-refractivity contribution in [2.75, 3.05) is 13.1 Å². The van der Waals surface area contributed by atoms with Crippen LogP contribution in [0.5, 0.6) is 0 Å². The summed E-state index contributed by atoms with van der Waals surface area (Å²) in [6, 6.07) is 9.94. The molecule has 0 unspecified atom stereocenters. The number of carbonyl (C=O) groups is 3. The Morgan fingerprint density at radius 2 is 1.72 bits per heavy atom. The fraction of sp³-hybridized carbons (Fsp3) is 0.235. The Hall–Kier alpha value is -2.80. The van der Waals surface area contributed by atoms with Gasteiger partial charge in [0, 0.05) is 5.02 Å². The van der Waals surface area contributed by atoms with E-state index in [1.54, 1.807) is 18.2 Å². The first-order chi connectivity index (χ1) is 12.0. The third-order valence-corrected chi connectivity index (χ3v) is 3.60. The minimum absolute atomic E-state index is 0.113. The number of rotatable bonds is 7. The highest BCUT2D eigenvalue weighted by Gasteiger charge is 2.12. The van der Waals surface area contributed by atoms with Crippen LogP contribution in [0.4, 0.5) is 0 Å². The lowest BCUT2D eigenvalue weighted by atomic mass is 10.1. The van der Waals surface area contributed by atoms with Gasteiger partial charge in [-0.3, -0.25) is 14.4 Å². The van der Waals surface area contributed by atoms with Crippen molar-refractivity contribution in [3.63, 3.8) is 0 Å². The molecule has 1 aromatic heterocycles. The Labute approximate surface area is 149 Å². The quantitative estimate of drug-likeness (QED) is 0.696. The molecule has 0 aliphatic carbocycles. The van der Waals surface area contributed by atoms with Crippen LogP contribution in [-0.2, 0) is 9.59 Å². The highest BCUT2D eigenvalue weighted by atomic mass is 35.5. The predicted octanol–water partition coefficient (Wildman–Crippen LogP) is 1.66. The second-order valence-electron chi connectivity index (χ2n) is 5.28. The molecule has 2 rings (SSSR count). The van der Waals surface area contributed by atoms with E-state index in [1.165, 1.54) is 12.3 Å². The minimum Gasteiger partial charge on any atom is -0.459 e. The number of halogens is 1. The van der Waals surface area contributed by atoms with Crippen LogP contribution in [0.2, 0.25) is 5.02 Å². The zero-order valence-corrected chi connectivity index (χ0v) is 14.3. The van der Waals surface area contributed by atoms with E-state index in [9.17, 15) is 14.4 Å². The van der Waals surface area contributed by atoms with Crippen LogP contribution in [0.15, 0.2) is 47.1 Å². The van der Waals surface area contributed by atoms with Gasteiger partial charge in [-0.15, -0.1) is 0 Å². The third-order valence-electron chi connectivity index (χ3n) is 3.35. The normalized spacial score (nSPS) is 11.4. The van der Waals surface area contributed by atoms with Crippen molar-refractivity contribution in [2.45, 2.75) is 13.0 Å². The number of hydrogen-bond donors (Lipinski definition) is 3. The molecule has 2 aromatic rings. The summed E-state index contributed by atoms with van der Waals surface area (Å²) in [6.07, 6.45) is 1.36. The van der Waals surface area contributed by atoms with Crippen molar-refractivity contribution in [3.8, 4) is 0 Å². The molecule has 8 heteroatoms. The van der Waals surface area contributed by atoms with Gasteiger partial charge in [-0.25, -0.2) is 0 Å². The molecular formula is C17H18ClN3O4. The molecule has 25 heavy (non-hydrogen) atoms. The van der Waals surface area contributed by atoms with Gasteiger partial charge in [0.05, 0.1) is 25.4 Å². The monoisotopic (exact) mass is 363 g/mol. The minimum atomic E-state index is -0.499. The van der Waals surface area contributed by atoms with E-state index >= 15 is 0 Å². The average molecular weight is 364 g/mol. The molecule has 0 saturated carbocycles. The molecular weight excluding hydrogens is 346 g/mol. The van der Waals surface area contributed by atoms with Gasteiger partial charge in [-0.2, -0.15) is 0 Å². The number of furan rings is 1. The fourth-order valence-electron chi connectivity index (χ4n) is 2.02. The van der Waals surface area contributed by atoms with E-state index in [2.05, 4.69) is 16.0 Å². The Balaban J connectivity index is 1.69. The van der Waals surface area contributed by atoms with Crippen molar-refractivity contribution >= 4 is 29.3 Å². The zero-order chi connectivity index (χ0) is 18.2. The Morgan fingerprint density at radius 1 is 1.04 bits per heavy atom. The standard InChI is InChI=1S/C17H18ClN3O4/c1-11(12-4-6-13(18)7-5-12)21-16(23)10-19-15(22)9-20-17(24)14-3-2-8-25-14/h2-8,11H,9-10H2,1H3,(H,19,22)(H,20,24)(H,21,23)/t11-/m0/s1. The summed E-state index contributed by atoms with van der Waals surface area (Å²) in [5.74, 6) is -1.20. The molecule has 1 atom stereocenters. The smallest absolute Gasteiger partial charge is 0.287 e. The molecule has 132 valence electrons. The van der Waals surface area contributed by atoms with Gasteiger partial charge in [-0.1, -0.05) is 23.7 Å². The van der Waals surface area contributed by atoms with Crippen LogP contribution in [0.3, 0.4) is 0 Å². The lowest BCUT2D eigenvalue weighted by molar-refractivity contribution is -0.125. The number of amides is 3. The Bertz CT molecular complexity index is 729. The second-order valence-corrected chi connectivity index (χ2v) is 5.71. The van der Waals surface area contributed by atoms with E-state index in [4.69, 9.17) is 16.0 Å². The molecule has 3 N–H and O–H groups in total. The van der Waals surface area contributed by atoms with Gasteiger partial charge in [0.25, 0.3) is 5.91 Å². The molecule has 7 nitrogen and oxygen atoms in total. The first-order valence-electron chi connectivity index (χ1n) is 7.59. The van der Waals surface area contributed by atoms with Crippen LogP contribution < -0.4 is 16.0 Å². The van der Waals surface area contributed by atoms with E-state index in [0.717, 1.165) is 5.56 Å². The van der Waals surface area contributed by atoms with Crippen molar-refractivity contribution in [1.82, 2.24) is 16.0 Å². The maximum Gasteiger partial charge on any atom is 0.287 e. The van der Waals surface area contributed by atoms with Crippen LogP contribution >= 0.6 is 11.6 Å². The Morgan fingerprint density at radius 3 is 2.36 bits per heavy atom. The molecule has 0 saturated heterocycles. The van der Waals surface area contributed by atoms with Gasteiger partial charge in [0.2, 0.25) is 11.8 Å². The van der Waals surface area contributed by atoms with E-state index in [-0.39, 0.29) is 30.8 Å². The SMILES string of the molecule is C[C@H](NC(=O)CNC(=O)CNC(=O)c1ccco1)c1ccc(Cl)cc1. The Kier molecular flexibility index (Phi) is 6.59. The van der Waals surface area contributed by atoms with E-state index in [0.29, 0.717) is 5.02 Å². The summed E-state index contributed by atoms with van der Waals surface area (Å²) in [4.78, 5) is 35.1. The maximum absolute atomic E-state index is 11.9. The molecule has 0 aliphatic rings. The summed E-state index contributed by atoms with van der Waals surface area (Å²) in [6.45, 7) is 1.39. The van der Waals surface area contributed by atoms with Gasteiger partial charge in [0.15, 0.2) is 5.76 Å². The largest absolute Gasteiger partial charge is 0.459 e. The van der Waals surface area contributed by atoms with Gasteiger partial charge >= 0.3 is 0 Å². The van der Waals surface area contributed by atoms with Crippen molar-refractivity contribution in [1.29, 1.82) is 0 Å². The van der Waals surface area contributed by atoms with Gasteiger partial charge < -0.3 is 20.4 Å².